The lowest BCUT2D eigenvalue weighted by molar-refractivity contribution is 0.0955. The van der Waals surface area contributed by atoms with Crippen molar-refractivity contribution < 1.29 is 4.79 Å². The molecule has 2 aromatic heterocycles. The molecular weight excluding hydrogens is 490 g/mol. The van der Waals surface area contributed by atoms with Gasteiger partial charge in [-0.3, -0.25) is 4.79 Å². The van der Waals surface area contributed by atoms with Crippen LogP contribution < -0.4 is 10.7 Å². The summed E-state index contributed by atoms with van der Waals surface area (Å²) in [7, 11) is 0. The Morgan fingerprint density at radius 1 is 0.921 bits per heavy atom. The van der Waals surface area contributed by atoms with Gasteiger partial charge in [0, 0.05) is 44.8 Å². The van der Waals surface area contributed by atoms with Gasteiger partial charge in [-0.2, -0.15) is 5.10 Å². The Hall–Kier alpha value is -4.49. The fourth-order valence-corrected chi connectivity index (χ4v) is 5.06. The lowest BCUT2D eigenvalue weighted by Gasteiger charge is -2.10. The van der Waals surface area contributed by atoms with Gasteiger partial charge in [-0.15, -0.1) is 11.3 Å². The van der Waals surface area contributed by atoms with E-state index in [0.29, 0.717) is 5.56 Å². The molecule has 0 saturated heterocycles. The summed E-state index contributed by atoms with van der Waals surface area (Å²) in [6.07, 6.45) is 1.69. The number of hydrazone groups is 1. The second kappa shape index (κ2) is 10.9. The van der Waals surface area contributed by atoms with E-state index >= 15 is 0 Å². The number of anilines is 2. The maximum atomic E-state index is 12.7. The van der Waals surface area contributed by atoms with E-state index < -0.39 is 0 Å². The molecule has 0 spiro atoms. The van der Waals surface area contributed by atoms with Gasteiger partial charge < -0.3 is 9.88 Å². The summed E-state index contributed by atoms with van der Waals surface area (Å²) in [4.78, 5) is 17.4. The molecule has 0 radical (unpaired) electrons. The number of aryl methyl sites for hydroxylation is 3. The number of carbonyl (C=O) groups excluding carboxylic acids is 1. The minimum absolute atomic E-state index is 0.264. The molecule has 5 aromatic rings. The first-order valence-electron chi connectivity index (χ1n) is 12.4. The van der Waals surface area contributed by atoms with Gasteiger partial charge in [-0.25, -0.2) is 10.4 Å². The van der Waals surface area contributed by atoms with Crippen molar-refractivity contribution in [3.05, 3.63) is 118 Å². The third-order valence-electron chi connectivity index (χ3n) is 6.35. The maximum Gasteiger partial charge on any atom is 0.271 e. The van der Waals surface area contributed by atoms with Gasteiger partial charge in [0.25, 0.3) is 5.91 Å². The molecule has 6 nitrogen and oxygen atoms in total. The molecule has 1 amide bonds. The Bertz CT molecular complexity index is 1610. The van der Waals surface area contributed by atoms with Crippen LogP contribution in [0.2, 0.25) is 0 Å². The van der Waals surface area contributed by atoms with Gasteiger partial charge in [-0.1, -0.05) is 42.0 Å². The second-order valence-corrected chi connectivity index (χ2v) is 10.2. The molecule has 190 valence electrons. The highest BCUT2D eigenvalue weighted by Crippen LogP contribution is 2.27. The van der Waals surface area contributed by atoms with Gasteiger partial charge in [0.05, 0.1) is 11.9 Å². The zero-order valence-electron chi connectivity index (χ0n) is 21.8. The van der Waals surface area contributed by atoms with Gasteiger partial charge in [0.1, 0.15) is 0 Å². The smallest absolute Gasteiger partial charge is 0.271 e. The number of thiazole rings is 1. The molecule has 38 heavy (non-hydrogen) atoms. The topological polar surface area (TPSA) is 71.3 Å². The van der Waals surface area contributed by atoms with E-state index in [9.17, 15) is 4.79 Å². The number of amides is 1. The molecule has 0 aliphatic carbocycles. The van der Waals surface area contributed by atoms with Crippen molar-refractivity contribution in [2.75, 3.05) is 5.32 Å². The van der Waals surface area contributed by atoms with Crippen LogP contribution in [0.1, 0.15) is 38.4 Å². The summed E-state index contributed by atoms with van der Waals surface area (Å²) < 4.78 is 2.19. The van der Waals surface area contributed by atoms with Gasteiger partial charge in [0.15, 0.2) is 5.13 Å². The molecule has 7 heteroatoms. The Kier molecular flexibility index (Phi) is 7.20. The lowest BCUT2D eigenvalue weighted by Crippen LogP contribution is -2.17. The standard InChI is InChI=1S/C31H29N5OS/c1-20-8-14-27(15-9-20)33-31-34-29(19-38-31)24-10-12-25(13-11-24)30(37)35-32-18-26-17-22(3)36(23(26)4)28-7-5-6-21(2)16-28/h5-19H,1-4H3,(H,33,34)(H,35,37)/b32-18-. The maximum absolute atomic E-state index is 12.7. The lowest BCUT2D eigenvalue weighted by atomic mass is 10.1. The van der Waals surface area contributed by atoms with Crippen molar-refractivity contribution in [1.82, 2.24) is 15.0 Å². The van der Waals surface area contributed by atoms with E-state index in [1.165, 1.54) is 11.1 Å². The summed E-state index contributed by atoms with van der Waals surface area (Å²) in [6.45, 7) is 8.27. The first-order chi connectivity index (χ1) is 18.4. The predicted octanol–water partition coefficient (Wildman–Crippen LogP) is 7.34. The molecule has 0 fully saturated rings. The molecule has 0 saturated carbocycles. The Labute approximate surface area is 226 Å². The minimum atomic E-state index is -0.264. The van der Waals surface area contributed by atoms with E-state index in [-0.39, 0.29) is 5.91 Å². The zero-order valence-corrected chi connectivity index (χ0v) is 22.6. The first-order valence-corrected chi connectivity index (χ1v) is 13.2. The van der Waals surface area contributed by atoms with Crippen LogP contribution in [0.4, 0.5) is 10.8 Å². The molecule has 3 aromatic carbocycles. The Balaban J connectivity index is 1.22. The summed E-state index contributed by atoms with van der Waals surface area (Å²) in [5, 5.41) is 10.4. The van der Waals surface area contributed by atoms with Crippen LogP contribution in [0.15, 0.2) is 89.3 Å². The fourth-order valence-electron chi connectivity index (χ4n) is 4.32. The molecule has 2 heterocycles. The van der Waals surface area contributed by atoms with Crippen molar-refractivity contribution in [2.45, 2.75) is 27.7 Å². The SMILES string of the molecule is Cc1ccc(Nc2nc(-c3ccc(C(=O)N/N=C\c4cc(C)n(-c5cccc(C)c5)c4C)cc3)cs2)cc1. The van der Waals surface area contributed by atoms with Gasteiger partial charge >= 0.3 is 0 Å². The Morgan fingerprint density at radius 2 is 1.68 bits per heavy atom. The van der Waals surface area contributed by atoms with Gasteiger partial charge in [-0.05, 0) is 75.7 Å². The van der Waals surface area contributed by atoms with E-state index in [1.54, 1.807) is 29.7 Å². The zero-order chi connectivity index (χ0) is 26.6. The number of carbonyl (C=O) groups is 1. The second-order valence-electron chi connectivity index (χ2n) is 9.31. The molecule has 0 unspecified atom stereocenters. The van der Waals surface area contributed by atoms with Crippen LogP contribution >= 0.6 is 11.3 Å². The molecule has 0 aliphatic heterocycles. The van der Waals surface area contributed by atoms with Crippen LogP contribution in [-0.2, 0) is 0 Å². The highest BCUT2D eigenvalue weighted by Gasteiger charge is 2.11. The van der Waals surface area contributed by atoms with Crippen molar-refractivity contribution in [3.8, 4) is 16.9 Å². The Morgan fingerprint density at radius 3 is 2.42 bits per heavy atom. The average molecular weight is 520 g/mol. The normalized spacial score (nSPS) is 11.2. The molecule has 0 aliphatic rings. The molecular formula is C31H29N5OS. The van der Waals surface area contributed by atoms with Gasteiger partial charge in [0.2, 0.25) is 0 Å². The molecule has 2 N–H and O–H groups in total. The van der Waals surface area contributed by atoms with Crippen molar-refractivity contribution >= 4 is 34.3 Å². The van der Waals surface area contributed by atoms with E-state index in [2.05, 4.69) is 95.6 Å². The highest BCUT2D eigenvalue weighted by atomic mass is 32.1. The number of nitrogens with zero attached hydrogens (tertiary/aromatic N) is 3. The summed E-state index contributed by atoms with van der Waals surface area (Å²) >= 11 is 1.54. The monoisotopic (exact) mass is 519 g/mol. The quantitative estimate of drug-likeness (QED) is 0.175. The van der Waals surface area contributed by atoms with Crippen molar-refractivity contribution in [1.29, 1.82) is 0 Å². The largest absolute Gasteiger partial charge is 0.332 e. The summed E-state index contributed by atoms with van der Waals surface area (Å²) in [6, 6.07) is 26.0. The molecule has 0 bridgehead atoms. The fraction of sp³-hybridized carbons (Fsp3) is 0.129. The third kappa shape index (κ3) is 5.58. The number of rotatable bonds is 7. The molecule has 5 rings (SSSR count). The van der Waals surface area contributed by atoms with Crippen LogP contribution in [0.25, 0.3) is 16.9 Å². The first kappa shape index (κ1) is 25.2. The average Bonchev–Trinajstić information content (AvgIpc) is 3.49. The third-order valence-corrected chi connectivity index (χ3v) is 7.11. The molecule has 0 atom stereocenters. The number of aromatic nitrogens is 2. The van der Waals surface area contributed by atoms with E-state index in [4.69, 9.17) is 0 Å². The van der Waals surface area contributed by atoms with E-state index in [0.717, 1.165) is 44.7 Å². The minimum Gasteiger partial charge on any atom is -0.332 e. The number of hydrogen-bond donors (Lipinski definition) is 2. The number of hydrogen-bond acceptors (Lipinski definition) is 5. The van der Waals surface area contributed by atoms with Crippen molar-refractivity contribution in [3.63, 3.8) is 0 Å². The number of nitrogens with one attached hydrogen (secondary N) is 2. The van der Waals surface area contributed by atoms with Crippen LogP contribution in [0.3, 0.4) is 0 Å². The van der Waals surface area contributed by atoms with Crippen LogP contribution in [0, 0.1) is 27.7 Å². The van der Waals surface area contributed by atoms with Crippen LogP contribution in [-0.4, -0.2) is 21.7 Å². The highest BCUT2D eigenvalue weighted by molar-refractivity contribution is 7.14. The predicted molar refractivity (Wildman–Crippen MR) is 157 cm³/mol. The van der Waals surface area contributed by atoms with E-state index in [1.807, 2.05) is 29.6 Å². The van der Waals surface area contributed by atoms with Crippen LogP contribution in [0.5, 0.6) is 0 Å². The number of benzene rings is 3. The summed E-state index contributed by atoms with van der Waals surface area (Å²) in [5.74, 6) is -0.264. The summed E-state index contributed by atoms with van der Waals surface area (Å²) in [5.41, 5.74) is 12.6. The van der Waals surface area contributed by atoms with Crippen molar-refractivity contribution in [2.24, 2.45) is 5.10 Å².